The highest BCUT2D eigenvalue weighted by molar-refractivity contribution is 7.92. The first-order chi connectivity index (χ1) is 6.83. The van der Waals surface area contributed by atoms with Gasteiger partial charge in [0.05, 0.1) is 5.54 Å². The molecule has 0 rings (SSSR count). The number of unbranched alkanes of at least 4 members (excludes halogenated alkanes) is 2. The van der Waals surface area contributed by atoms with Gasteiger partial charge >= 0.3 is 0 Å². The summed E-state index contributed by atoms with van der Waals surface area (Å²) < 4.78 is 16.3. The zero-order valence-electron chi connectivity index (χ0n) is 11.0. The normalized spacial score (nSPS) is 12.9. The first-order valence-electron chi connectivity index (χ1n) is 6.01. The van der Waals surface area contributed by atoms with E-state index in [0.29, 0.717) is 0 Å². The largest absolute Gasteiger partial charge is 0.250 e. The third-order valence-electron chi connectivity index (χ3n) is 2.58. The highest BCUT2D eigenvalue weighted by atomic mass is 32.2. The summed E-state index contributed by atoms with van der Waals surface area (Å²) in [4.78, 5) is 0. The van der Waals surface area contributed by atoms with Crippen LogP contribution in [0.1, 0.15) is 59.3 Å². The van der Waals surface area contributed by atoms with Crippen molar-refractivity contribution in [3.63, 3.8) is 0 Å². The molecule has 0 N–H and O–H groups in total. The van der Waals surface area contributed by atoms with Gasteiger partial charge in [-0.1, -0.05) is 39.5 Å². The second-order valence-electron chi connectivity index (χ2n) is 4.98. The van der Waals surface area contributed by atoms with Crippen LogP contribution in [-0.2, 0) is 9.73 Å². The van der Waals surface area contributed by atoms with Gasteiger partial charge in [-0.25, -0.2) is 4.36 Å². The fourth-order valence-corrected chi connectivity index (χ4v) is 3.11. The number of hydrogen-bond acceptors (Lipinski definition) is 2. The Bertz CT molecular complexity index is 261. The van der Waals surface area contributed by atoms with Gasteiger partial charge in [-0.2, -0.15) is 0 Å². The van der Waals surface area contributed by atoms with Crippen LogP contribution in [0, 0.1) is 0 Å². The molecule has 3 heteroatoms. The van der Waals surface area contributed by atoms with Crippen LogP contribution < -0.4 is 0 Å². The van der Waals surface area contributed by atoms with Crippen molar-refractivity contribution in [2.24, 2.45) is 4.36 Å². The molecule has 2 nitrogen and oxygen atoms in total. The van der Waals surface area contributed by atoms with E-state index in [1.54, 1.807) is 12.5 Å². The molecular weight excluding hydrogens is 206 g/mol. The van der Waals surface area contributed by atoms with E-state index in [0.717, 1.165) is 12.8 Å². The summed E-state index contributed by atoms with van der Waals surface area (Å²) in [6.45, 7) is 6.54. The molecule has 0 radical (unpaired) electrons. The summed E-state index contributed by atoms with van der Waals surface area (Å²) >= 11 is 0. The van der Waals surface area contributed by atoms with E-state index < -0.39 is 9.73 Å². The smallest absolute Gasteiger partial charge is 0.0674 e. The third-order valence-corrected chi connectivity index (χ3v) is 3.46. The second kappa shape index (κ2) is 6.51. The Morgan fingerprint density at radius 3 is 1.73 bits per heavy atom. The molecule has 0 saturated heterocycles. The van der Waals surface area contributed by atoms with Crippen molar-refractivity contribution in [1.29, 1.82) is 0 Å². The minimum absolute atomic E-state index is 0.0629. The lowest BCUT2D eigenvalue weighted by atomic mass is 9.90. The topological polar surface area (TPSA) is 29.4 Å². The van der Waals surface area contributed by atoms with Crippen molar-refractivity contribution in [2.45, 2.75) is 64.8 Å². The number of nitrogens with zero attached hydrogens (tertiary/aromatic N) is 1. The monoisotopic (exact) mass is 233 g/mol. The van der Waals surface area contributed by atoms with E-state index in [-0.39, 0.29) is 5.54 Å². The van der Waals surface area contributed by atoms with Crippen molar-refractivity contribution in [3.8, 4) is 0 Å². The quantitative estimate of drug-likeness (QED) is 0.656. The summed E-state index contributed by atoms with van der Waals surface area (Å²) in [5.74, 6) is 0. The van der Waals surface area contributed by atoms with Crippen molar-refractivity contribution in [2.75, 3.05) is 12.5 Å². The van der Waals surface area contributed by atoms with E-state index in [1.165, 1.54) is 25.7 Å². The highest BCUT2D eigenvalue weighted by Crippen LogP contribution is 2.26. The van der Waals surface area contributed by atoms with Crippen LogP contribution in [-0.4, -0.2) is 22.3 Å². The molecule has 15 heavy (non-hydrogen) atoms. The maximum absolute atomic E-state index is 11.8. The molecular formula is C12H27NOS. The fourth-order valence-electron chi connectivity index (χ4n) is 1.86. The first kappa shape index (κ1) is 14.9. The van der Waals surface area contributed by atoms with E-state index in [2.05, 4.69) is 25.1 Å². The van der Waals surface area contributed by atoms with Crippen LogP contribution in [0.3, 0.4) is 0 Å². The molecule has 0 atom stereocenters. The van der Waals surface area contributed by atoms with E-state index >= 15 is 0 Å². The second-order valence-corrected chi connectivity index (χ2v) is 7.52. The average molecular weight is 233 g/mol. The Morgan fingerprint density at radius 1 is 1.07 bits per heavy atom. The molecule has 92 valence electrons. The number of hydrogen-bond donors (Lipinski definition) is 0. The molecule has 0 amide bonds. The average Bonchev–Trinajstić information content (AvgIpc) is 2.09. The first-order valence-corrected chi connectivity index (χ1v) is 8.34. The molecule has 0 aromatic carbocycles. The van der Waals surface area contributed by atoms with Gasteiger partial charge in [0.1, 0.15) is 0 Å². The van der Waals surface area contributed by atoms with Gasteiger partial charge in [-0.15, -0.1) is 0 Å². The zero-order chi connectivity index (χ0) is 11.9. The standard InChI is InChI=1S/C12H27NOS/c1-6-8-10-12(3,11-9-7-2)13-15(4,5)14/h6-11H2,1-5H3. The Hall–Kier alpha value is -0.0500. The van der Waals surface area contributed by atoms with Crippen molar-refractivity contribution in [3.05, 3.63) is 0 Å². The van der Waals surface area contributed by atoms with Crippen LogP contribution in [0.5, 0.6) is 0 Å². The molecule has 0 saturated carbocycles. The van der Waals surface area contributed by atoms with E-state index in [9.17, 15) is 4.21 Å². The van der Waals surface area contributed by atoms with Crippen LogP contribution >= 0.6 is 0 Å². The van der Waals surface area contributed by atoms with Crippen molar-refractivity contribution < 1.29 is 4.21 Å². The summed E-state index contributed by atoms with van der Waals surface area (Å²) in [5, 5.41) is 0. The van der Waals surface area contributed by atoms with Gasteiger partial charge in [-0.05, 0) is 19.8 Å². The van der Waals surface area contributed by atoms with Gasteiger partial charge in [0.2, 0.25) is 0 Å². The number of rotatable bonds is 7. The molecule has 0 bridgehead atoms. The molecule has 0 fully saturated rings. The summed E-state index contributed by atoms with van der Waals surface area (Å²) in [6, 6.07) is 0. The van der Waals surface area contributed by atoms with Gasteiger partial charge in [0.25, 0.3) is 0 Å². The van der Waals surface area contributed by atoms with E-state index in [4.69, 9.17) is 0 Å². The Morgan fingerprint density at radius 2 is 1.47 bits per heavy atom. The summed E-state index contributed by atoms with van der Waals surface area (Å²) in [5.41, 5.74) is -0.0629. The maximum Gasteiger partial charge on any atom is 0.0674 e. The molecule has 0 aliphatic rings. The third kappa shape index (κ3) is 7.83. The lowest BCUT2D eigenvalue weighted by Crippen LogP contribution is -2.23. The van der Waals surface area contributed by atoms with Crippen molar-refractivity contribution in [1.82, 2.24) is 0 Å². The predicted octanol–water partition coefficient (Wildman–Crippen LogP) is 3.85. The zero-order valence-corrected chi connectivity index (χ0v) is 11.8. The summed E-state index contributed by atoms with van der Waals surface area (Å²) in [6.07, 6.45) is 10.4. The van der Waals surface area contributed by atoms with Crippen LogP contribution in [0.25, 0.3) is 0 Å². The van der Waals surface area contributed by atoms with Gasteiger partial charge in [0.15, 0.2) is 0 Å². The van der Waals surface area contributed by atoms with Crippen molar-refractivity contribution >= 4 is 9.73 Å². The van der Waals surface area contributed by atoms with Crippen LogP contribution in [0.15, 0.2) is 4.36 Å². The molecule has 0 aromatic rings. The lowest BCUT2D eigenvalue weighted by Gasteiger charge is -2.25. The van der Waals surface area contributed by atoms with Crippen LogP contribution in [0.4, 0.5) is 0 Å². The molecule has 0 aliphatic heterocycles. The summed E-state index contributed by atoms with van der Waals surface area (Å²) in [7, 11) is -1.97. The van der Waals surface area contributed by atoms with Gasteiger partial charge in [0, 0.05) is 22.2 Å². The minimum Gasteiger partial charge on any atom is -0.250 e. The SMILES string of the molecule is CCCCC(C)(CCCC)N=S(C)(C)=O. The Labute approximate surface area is 96.0 Å². The molecule has 0 unspecified atom stereocenters. The lowest BCUT2D eigenvalue weighted by molar-refractivity contribution is 0.381. The molecule has 0 aromatic heterocycles. The highest BCUT2D eigenvalue weighted by Gasteiger charge is 2.22. The molecule has 0 heterocycles. The maximum atomic E-state index is 11.8. The molecule has 0 spiro atoms. The molecule has 0 aliphatic carbocycles. The van der Waals surface area contributed by atoms with E-state index in [1.807, 2.05) is 0 Å². The van der Waals surface area contributed by atoms with Gasteiger partial charge in [-0.3, -0.25) is 4.21 Å². The van der Waals surface area contributed by atoms with Crippen LogP contribution in [0.2, 0.25) is 0 Å². The Balaban J connectivity index is 4.62. The fraction of sp³-hybridized carbons (Fsp3) is 1.00. The van der Waals surface area contributed by atoms with Gasteiger partial charge < -0.3 is 0 Å². The Kier molecular flexibility index (Phi) is 6.49. The minimum atomic E-state index is -1.97. The predicted molar refractivity (Wildman–Crippen MR) is 69.9 cm³/mol.